The number of fused-ring (bicyclic) bond motifs is 3. The first-order valence-corrected chi connectivity index (χ1v) is 10.1. The topological polar surface area (TPSA) is 53.1 Å². The Morgan fingerprint density at radius 3 is 2.22 bits per heavy atom. The molecule has 4 aliphatic heterocycles. The number of esters is 1. The molecule has 146 valence electrons. The Balaban J connectivity index is 1.48. The van der Waals surface area contributed by atoms with Gasteiger partial charge in [0.25, 0.3) is 0 Å². The maximum atomic E-state index is 13.2. The van der Waals surface area contributed by atoms with Crippen LogP contribution in [-0.4, -0.2) is 78.5 Å². The van der Waals surface area contributed by atoms with Gasteiger partial charge in [0.1, 0.15) is 12.1 Å². The molecule has 0 aliphatic carbocycles. The van der Waals surface area contributed by atoms with E-state index in [4.69, 9.17) is 4.74 Å². The summed E-state index contributed by atoms with van der Waals surface area (Å²) in [6, 6.07) is 9.51. The molecule has 1 aromatic carbocycles. The number of nitrogens with zero attached hydrogens (tertiary/aromatic N) is 3. The highest BCUT2D eigenvalue weighted by atomic mass is 16.5. The number of piperazine rings is 1. The average molecular weight is 371 g/mol. The Kier molecular flexibility index (Phi) is 5.45. The van der Waals surface area contributed by atoms with Crippen molar-refractivity contribution in [2.45, 2.75) is 31.9 Å². The summed E-state index contributed by atoms with van der Waals surface area (Å²) in [6.07, 6.45) is 2.28. The summed E-state index contributed by atoms with van der Waals surface area (Å²) in [5, 5.41) is 0. The van der Waals surface area contributed by atoms with Gasteiger partial charge >= 0.3 is 5.97 Å². The quantitative estimate of drug-likeness (QED) is 0.752. The standard InChI is InChI=1S/C21H29N3O3/c1-16(25)23-11-13-24(14-12-23)20(18-5-3-2-4-6-18)21(26)27-19-15-22-9-7-17(19)8-10-22/h2-6,17,19-20H,7-15H2,1H3. The van der Waals surface area contributed by atoms with Crippen LogP contribution < -0.4 is 0 Å². The number of carbonyl (C=O) groups is 2. The maximum Gasteiger partial charge on any atom is 0.328 e. The van der Waals surface area contributed by atoms with E-state index in [2.05, 4.69) is 9.80 Å². The van der Waals surface area contributed by atoms with Gasteiger partial charge in [0.2, 0.25) is 5.91 Å². The zero-order chi connectivity index (χ0) is 18.8. The molecule has 27 heavy (non-hydrogen) atoms. The van der Waals surface area contributed by atoms with Gasteiger partial charge in [-0.3, -0.25) is 14.6 Å². The summed E-state index contributed by atoms with van der Waals surface area (Å²) >= 11 is 0. The number of piperidine rings is 3. The number of hydrogen-bond donors (Lipinski definition) is 0. The van der Waals surface area contributed by atoms with Crippen LogP contribution in [0.15, 0.2) is 30.3 Å². The maximum absolute atomic E-state index is 13.2. The minimum absolute atomic E-state index is 0.0183. The van der Waals surface area contributed by atoms with Crippen LogP contribution in [0.4, 0.5) is 0 Å². The minimum atomic E-state index is -0.393. The number of carbonyl (C=O) groups excluding carboxylic acids is 2. The van der Waals surface area contributed by atoms with Gasteiger partial charge in [-0.15, -0.1) is 0 Å². The van der Waals surface area contributed by atoms with E-state index in [1.165, 1.54) is 0 Å². The van der Waals surface area contributed by atoms with Crippen molar-refractivity contribution < 1.29 is 14.3 Å². The molecule has 1 amide bonds. The average Bonchev–Trinajstić information content (AvgIpc) is 2.70. The second-order valence-electron chi connectivity index (χ2n) is 7.97. The van der Waals surface area contributed by atoms with E-state index in [1.54, 1.807) is 6.92 Å². The van der Waals surface area contributed by atoms with Crippen LogP contribution in [0.25, 0.3) is 0 Å². The molecule has 4 heterocycles. The van der Waals surface area contributed by atoms with Crippen LogP contribution in [0, 0.1) is 5.92 Å². The van der Waals surface area contributed by atoms with Crippen LogP contribution in [0.3, 0.4) is 0 Å². The van der Waals surface area contributed by atoms with E-state index < -0.39 is 6.04 Å². The van der Waals surface area contributed by atoms with Crippen molar-refractivity contribution >= 4 is 11.9 Å². The molecule has 6 heteroatoms. The number of amides is 1. The van der Waals surface area contributed by atoms with E-state index in [9.17, 15) is 9.59 Å². The van der Waals surface area contributed by atoms with Crippen molar-refractivity contribution in [2.24, 2.45) is 5.92 Å². The van der Waals surface area contributed by atoms with Gasteiger partial charge in [0.15, 0.2) is 0 Å². The number of hydrogen-bond acceptors (Lipinski definition) is 5. The third-order valence-corrected chi connectivity index (χ3v) is 6.33. The fourth-order valence-corrected chi connectivity index (χ4v) is 4.68. The molecule has 0 radical (unpaired) electrons. The molecule has 4 aliphatic rings. The number of ether oxygens (including phenoxy) is 1. The van der Waals surface area contributed by atoms with Crippen LogP contribution >= 0.6 is 0 Å². The summed E-state index contributed by atoms with van der Waals surface area (Å²) in [7, 11) is 0. The normalized spacial score (nSPS) is 29.4. The predicted molar refractivity (Wildman–Crippen MR) is 102 cm³/mol. The van der Waals surface area contributed by atoms with Crippen molar-refractivity contribution in [2.75, 3.05) is 45.8 Å². The molecule has 1 aromatic rings. The van der Waals surface area contributed by atoms with E-state index >= 15 is 0 Å². The molecule has 4 saturated heterocycles. The summed E-state index contributed by atoms with van der Waals surface area (Å²) in [6.45, 7) is 7.43. The second kappa shape index (κ2) is 7.98. The van der Waals surface area contributed by atoms with E-state index in [0.717, 1.165) is 38.0 Å². The molecular formula is C21H29N3O3. The van der Waals surface area contributed by atoms with Crippen LogP contribution in [0.5, 0.6) is 0 Å². The largest absolute Gasteiger partial charge is 0.459 e. The van der Waals surface area contributed by atoms with E-state index in [1.807, 2.05) is 35.2 Å². The zero-order valence-corrected chi connectivity index (χ0v) is 16.0. The van der Waals surface area contributed by atoms with Crippen molar-refractivity contribution in [3.63, 3.8) is 0 Å². The van der Waals surface area contributed by atoms with Crippen molar-refractivity contribution in [3.8, 4) is 0 Å². The lowest BCUT2D eigenvalue weighted by Crippen LogP contribution is -2.54. The Morgan fingerprint density at radius 1 is 1.00 bits per heavy atom. The Bertz CT molecular complexity index is 665. The highest BCUT2D eigenvalue weighted by Gasteiger charge is 2.39. The Hall–Kier alpha value is -1.92. The van der Waals surface area contributed by atoms with E-state index in [-0.39, 0.29) is 18.0 Å². The molecule has 0 aromatic heterocycles. The van der Waals surface area contributed by atoms with Gasteiger partial charge in [-0.2, -0.15) is 0 Å². The van der Waals surface area contributed by atoms with Gasteiger partial charge < -0.3 is 9.64 Å². The molecule has 2 unspecified atom stereocenters. The number of benzene rings is 1. The molecule has 0 spiro atoms. The fraction of sp³-hybridized carbons (Fsp3) is 0.619. The monoisotopic (exact) mass is 371 g/mol. The first-order chi connectivity index (χ1) is 13.1. The molecule has 0 saturated carbocycles. The third-order valence-electron chi connectivity index (χ3n) is 6.33. The summed E-state index contributed by atoms with van der Waals surface area (Å²) < 4.78 is 6.07. The molecule has 6 nitrogen and oxygen atoms in total. The van der Waals surface area contributed by atoms with Gasteiger partial charge in [-0.05, 0) is 37.4 Å². The van der Waals surface area contributed by atoms with Gasteiger partial charge in [-0.25, -0.2) is 4.79 Å². The highest BCUT2D eigenvalue weighted by molar-refractivity contribution is 5.78. The highest BCUT2D eigenvalue weighted by Crippen LogP contribution is 2.32. The van der Waals surface area contributed by atoms with Crippen molar-refractivity contribution in [3.05, 3.63) is 35.9 Å². The van der Waals surface area contributed by atoms with E-state index in [0.29, 0.717) is 32.1 Å². The Morgan fingerprint density at radius 2 is 1.67 bits per heavy atom. The summed E-state index contributed by atoms with van der Waals surface area (Å²) in [5.41, 5.74) is 0.972. The Labute approximate surface area is 161 Å². The predicted octanol–water partition coefficient (Wildman–Crippen LogP) is 1.53. The van der Waals surface area contributed by atoms with Gasteiger partial charge in [0.05, 0.1) is 0 Å². The fourth-order valence-electron chi connectivity index (χ4n) is 4.68. The molecule has 5 rings (SSSR count). The first-order valence-electron chi connectivity index (χ1n) is 10.1. The van der Waals surface area contributed by atoms with Crippen molar-refractivity contribution in [1.29, 1.82) is 0 Å². The summed E-state index contributed by atoms with van der Waals surface area (Å²) in [4.78, 5) is 31.3. The van der Waals surface area contributed by atoms with Crippen molar-refractivity contribution in [1.82, 2.24) is 14.7 Å². The molecule has 2 bridgehead atoms. The zero-order valence-electron chi connectivity index (χ0n) is 16.0. The molecule has 2 atom stereocenters. The smallest absolute Gasteiger partial charge is 0.328 e. The number of rotatable bonds is 4. The SMILES string of the molecule is CC(=O)N1CCN(C(C(=O)OC2CN3CCC2CC3)c2ccccc2)CC1. The lowest BCUT2D eigenvalue weighted by atomic mass is 9.86. The van der Waals surface area contributed by atoms with Gasteiger partial charge in [-0.1, -0.05) is 30.3 Å². The lowest BCUT2D eigenvalue weighted by Gasteiger charge is -2.45. The molecule has 4 fully saturated rings. The first kappa shape index (κ1) is 18.4. The minimum Gasteiger partial charge on any atom is -0.459 e. The van der Waals surface area contributed by atoms with Crippen LogP contribution in [-0.2, 0) is 14.3 Å². The second-order valence-corrected chi connectivity index (χ2v) is 7.97. The molecular weight excluding hydrogens is 342 g/mol. The molecule has 0 N–H and O–H groups in total. The van der Waals surface area contributed by atoms with Gasteiger partial charge in [0, 0.05) is 39.6 Å². The van der Waals surface area contributed by atoms with Crippen LogP contribution in [0.1, 0.15) is 31.4 Å². The summed E-state index contributed by atoms with van der Waals surface area (Å²) in [5.74, 6) is 0.460. The third kappa shape index (κ3) is 4.01. The van der Waals surface area contributed by atoms with Crippen LogP contribution in [0.2, 0.25) is 0 Å². The lowest BCUT2D eigenvalue weighted by molar-refractivity contribution is -0.166.